The van der Waals surface area contributed by atoms with Gasteiger partial charge in [0.2, 0.25) is 0 Å². The number of ether oxygens (including phenoxy) is 1. The van der Waals surface area contributed by atoms with Crippen molar-refractivity contribution in [1.29, 1.82) is 0 Å². The number of nitrogens with zero attached hydrogens (tertiary/aromatic N) is 2. The first-order chi connectivity index (χ1) is 9.54. The van der Waals surface area contributed by atoms with E-state index in [-0.39, 0.29) is 12.1 Å². The number of halogens is 1. The molecule has 4 nitrogen and oxygen atoms in total. The molecule has 2 atom stereocenters. The summed E-state index contributed by atoms with van der Waals surface area (Å²) in [6, 6.07) is 7.34. The number of aryl methyl sites for hydroxylation is 2. The van der Waals surface area contributed by atoms with Crippen LogP contribution in [0, 0.1) is 0 Å². The van der Waals surface area contributed by atoms with Crippen LogP contribution < -0.4 is 10.5 Å². The SMILES string of the molecule is CC(Oc1cccc(Cl)c1)C(N)CCc1cnn(C)c1. The molecule has 0 spiro atoms. The summed E-state index contributed by atoms with van der Waals surface area (Å²) in [5.41, 5.74) is 7.37. The summed E-state index contributed by atoms with van der Waals surface area (Å²) in [6.45, 7) is 1.98. The van der Waals surface area contributed by atoms with Crippen LogP contribution in [0.4, 0.5) is 0 Å². The smallest absolute Gasteiger partial charge is 0.121 e. The van der Waals surface area contributed by atoms with Gasteiger partial charge in [0.1, 0.15) is 11.9 Å². The normalized spacial score (nSPS) is 14.0. The number of hydrogen-bond donors (Lipinski definition) is 1. The summed E-state index contributed by atoms with van der Waals surface area (Å²) < 4.78 is 7.62. The lowest BCUT2D eigenvalue weighted by Gasteiger charge is -2.21. The number of rotatable bonds is 6. The first-order valence-corrected chi connectivity index (χ1v) is 7.07. The fraction of sp³-hybridized carbons (Fsp3) is 0.400. The summed E-state index contributed by atoms with van der Waals surface area (Å²) in [6.07, 6.45) is 5.57. The van der Waals surface area contributed by atoms with Crippen LogP contribution in [0.2, 0.25) is 5.02 Å². The summed E-state index contributed by atoms with van der Waals surface area (Å²) >= 11 is 5.93. The zero-order valence-electron chi connectivity index (χ0n) is 11.8. The largest absolute Gasteiger partial charge is 0.489 e. The second-order valence-corrected chi connectivity index (χ2v) is 5.44. The highest BCUT2D eigenvalue weighted by molar-refractivity contribution is 6.30. The highest BCUT2D eigenvalue weighted by Gasteiger charge is 2.15. The van der Waals surface area contributed by atoms with Crippen molar-refractivity contribution in [2.45, 2.75) is 31.9 Å². The van der Waals surface area contributed by atoms with Crippen molar-refractivity contribution in [3.05, 3.63) is 47.2 Å². The van der Waals surface area contributed by atoms with Gasteiger partial charge in [-0.1, -0.05) is 17.7 Å². The Morgan fingerprint density at radius 1 is 1.45 bits per heavy atom. The van der Waals surface area contributed by atoms with Gasteiger partial charge in [0.25, 0.3) is 0 Å². The molecule has 1 aromatic carbocycles. The van der Waals surface area contributed by atoms with E-state index in [4.69, 9.17) is 22.1 Å². The molecule has 1 aromatic heterocycles. The molecule has 0 aliphatic heterocycles. The lowest BCUT2D eigenvalue weighted by Crippen LogP contribution is -2.37. The molecule has 1 heterocycles. The van der Waals surface area contributed by atoms with E-state index in [2.05, 4.69) is 5.10 Å². The number of hydrogen-bond acceptors (Lipinski definition) is 3. The minimum absolute atomic E-state index is 0.0332. The third kappa shape index (κ3) is 4.25. The van der Waals surface area contributed by atoms with Gasteiger partial charge in [-0.3, -0.25) is 4.68 Å². The maximum Gasteiger partial charge on any atom is 0.121 e. The Labute approximate surface area is 124 Å². The summed E-state index contributed by atoms with van der Waals surface area (Å²) in [5.74, 6) is 0.752. The van der Waals surface area contributed by atoms with Crippen molar-refractivity contribution in [3.8, 4) is 5.75 Å². The van der Waals surface area contributed by atoms with Crippen LogP contribution in [0.25, 0.3) is 0 Å². The monoisotopic (exact) mass is 293 g/mol. The van der Waals surface area contributed by atoms with Gasteiger partial charge in [-0.15, -0.1) is 0 Å². The van der Waals surface area contributed by atoms with Crippen LogP contribution in [0.1, 0.15) is 18.9 Å². The van der Waals surface area contributed by atoms with E-state index in [0.717, 1.165) is 18.6 Å². The van der Waals surface area contributed by atoms with Crippen LogP contribution >= 0.6 is 11.6 Å². The van der Waals surface area contributed by atoms with E-state index < -0.39 is 0 Å². The molecule has 5 heteroatoms. The maximum absolute atomic E-state index is 6.17. The highest BCUT2D eigenvalue weighted by atomic mass is 35.5. The van der Waals surface area contributed by atoms with Crippen LogP contribution in [-0.4, -0.2) is 21.9 Å². The van der Waals surface area contributed by atoms with Gasteiger partial charge in [-0.2, -0.15) is 5.10 Å². The Balaban J connectivity index is 1.84. The third-order valence-corrected chi connectivity index (χ3v) is 3.48. The zero-order chi connectivity index (χ0) is 14.5. The molecule has 108 valence electrons. The molecule has 2 N–H and O–H groups in total. The van der Waals surface area contributed by atoms with Gasteiger partial charge in [-0.05, 0) is 43.5 Å². The summed E-state index contributed by atoms with van der Waals surface area (Å²) in [7, 11) is 1.91. The predicted octanol–water partition coefficient (Wildman–Crippen LogP) is 2.80. The molecule has 0 bridgehead atoms. The fourth-order valence-corrected chi connectivity index (χ4v) is 2.19. The van der Waals surface area contributed by atoms with Crippen molar-refractivity contribution >= 4 is 11.6 Å². The van der Waals surface area contributed by atoms with Crippen molar-refractivity contribution in [3.63, 3.8) is 0 Å². The molecular weight excluding hydrogens is 274 g/mol. The molecule has 20 heavy (non-hydrogen) atoms. The number of aromatic nitrogens is 2. The van der Waals surface area contributed by atoms with Gasteiger partial charge >= 0.3 is 0 Å². The van der Waals surface area contributed by atoms with Gasteiger partial charge in [0.15, 0.2) is 0 Å². The molecule has 0 aliphatic rings. The molecule has 0 aliphatic carbocycles. The van der Waals surface area contributed by atoms with Gasteiger partial charge in [0.05, 0.1) is 6.20 Å². The average Bonchev–Trinajstić information content (AvgIpc) is 2.81. The van der Waals surface area contributed by atoms with E-state index in [1.54, 1.807) is 10.7 Å². The zero-order valence-corrected chi connectivity index (χ0v) is 12.5. The molecule has 2 rings (SSSR count). The average molecular weight is 294 g/mol. The lowest BCUT2D eigenvalue weighted by molar-refractivity contribution is 0.185. The first-order valence-electron chi connectivity index (χ1n) is 6.70. The Morgan fingerprint density at radius 3 is 2.90 bits per heavy atom. The molecule has 2 unspecified atom stereocenters. The van der Waals surface area contributed by atoms with Crippen molar-refractivity contribution in [2.24, 2.45) is 12.8 Å². The Morgan fingerprint density at radius 2 is 2.25 bits per heavy atom. The van der Waals surface area contributed by atoms with E-state index >= 15 is 0 Å². The van der Waals surface area contributed by atoms with Crippen molar-refractivity contribution < 1.29 is 4.74 Å². The Bertz CT molecular complexity index is 556. The van der Waals surface area contributed by atoms with E-state index in [1.165, 1.54) is 5.56 Å². The number of nitrogens with two attached hydrogens (primary N) is 1. The molecule has 2 aromatic rings. The summed E-state index contributed by atoms with van der Waals surface area (Å²) in [4.78, 5) is 0. The minimum Gasteiger partial charge on any atom is -0.489 e. The second kappa shape index (κ2) is 6.77. The Kier molecular flexibility index (Phi) is 5.04. The van der Waals surface area contributed by atoms with E-state index in [9.17, 15) is 0 Å². The standard InChI is InChI=1S/C15H20ClN3O/c1-11(20-14-5-3-4-13(16)8-14)15(17)7-6-12-9-18-19(2)10-12/h3-5,8-11,15H,6-7,17H2,1-2H3. The third-order valence-electron chi connectivity index (χ3n) is 3.25. The fourth-order valence-electron chi connectivity index (χ4n) is 2.01. The van der Waals surface area contributed by atoms with E-state index in [0.29, 0.717) is 5.02 Å². The second-order valence-electron chi connectivity index (χ2n) is 5.01. The van der Waals surface area contributed by atoms with Gasteiger partial charge < -0.3 is 10.5 Å². The van der Waals surface area contributed by atoms with Crippen LogP contribution in [0.15, 0.2) is 36.7 Å². The van der Waals surface area contributed by atoms with Crippen LogP contribution in [0.3, 0.4) is 0 Å². The molecule has 0 radical (unpaired) electrons. The maximum atomic E-state index is 6.17. The van der Waals surface area contributed by atoms with Crippen LogP contribution in [-0.2, 0) is 13.5 Å². The first kappa shape index (κ1) is 14.9. The number of benzene rings is 1. The van der Waals surface area contributed by atoms with Gasteiger partial charge in [0, 0.05) is 24.3 Å². The molecule has 0 fully saturated rings. The molecule has 0 saturated heterocycles. The predicted molar refractivity (Wildman–Crippen MR) is 81.0 cm³/mol. The summed E-state index contributed by atoms with van der Waals surface area (Å²) in [5, 5.41) is 4.81. The van der Waals surface area contributed by atoms with Crippen LogP contribution in [0.5, 0.6) is 5.75 Å². The topological polar surface area (TPSA) is 53.1 Å². The van der Waals surface area contributed by atoms with E-state index in [1.807, 2.05) is 44.6 Å². The molecule has 0 amide bonds. The van der Waals surface area contributed by atoms with Crippen molar-refractivity contribution in [1.82, 2.24) is 9.78 Å². The Hall–Kier alpha value is -1.52. The lowest BCUT2D eigenvalue weighted by atomic mass is 10.0. The molecular formula is C15H20ClN3O. The van der Waals surface area contributed by atoms with Gasteiger partial charge in [-0.25, -0.2) is 0 Å². The quantitative estimate of drug-likeness (QED) is 0.891. The highest BCUT2D eigenvalue weighted by Crippen LogP contribution is 2.19. The minimum atomic E-state index is -0.0647. The molecule has 0 saturated carbocycles. The van der Waals surface area contributed by atoms with Crippen molar-refractivity contribution in [2.75, 3.05) is 0 Å².